The fraction of sp³-hybridized carbons (Fsp3) is 0.400. The van der Waals surface area contributed by atoms with Crippen molar-refractivity contribution in [2.24, 2.45) is 0 Å². The van der Waals surface area contributed by atoms with E-state index in [1.165, 1.54) is 12.1 Å². The van der Waals surface area contributed by atoms with Crippen molar-refractivity contribution in [2.45, 2.75) is 44.3 Å². The zero-order chi connectivity index (χ0) is 24.6. The molecular formula is C25H25F3N4O3. The topological polar surface area (TPSA) is 76.5 Å². The zero-order valence-corrected chi connectivity index (χ0v) is 19.0. The molecule has 7 nitrogen and oxygen atoms in total. The molecule has 2 amide bonds. The van der Waals surface area contributed by atoms with Crippen LogP contribution >= 0.6 is 0 Å². The van der Waals surface area contributed by atoms with Crippen LogP contribution in [-0.4, -0.2) is 41.1 Å². The molecule has 35 heavy (non-hydrogen) atoms. The van der Waals surface area contributed by atoms with Gasteiger partial charge in [-0.25, -0.2) is 4.98 Å². The van der Waals surface area contributed by atoms with E-state index in [0.29, 0.717) is 30.3 Å². The van der Waals surface area contributed by atoms with Crippen molar-refractivity contribution < 1.29 is 27.5 Å². The van der Waals surface area contributed by atoms with Crippen LogP contribution in [0.2, 0.25) is 0 Å². The quantitative estimate of drug-likeness (QED) is 0.552. The van der Waals surface area contributed by atoms with E-state index in [4.69, 9.17) is 4.74 Å². The predicted molar refractivity (Wildman–Crippen MR) is 124 cm³/mol. The molecule has 2 aromatic carbocycles. The largest absolute Gasteiger partial charge is 0.416 e. The fourth-order valence-electron chi connectivity index (χ4n) is 4.85. The summed E-state index contributed by atoms with van der Waals surface area (Å²) in [6.45, 7) is 0.901. The van der Waals surface area contributed by atoms with Crippen LogP contribution in [0.5, 0.6) is 0 Å². The highest BCUT2D eigenvalue weighted by Gasteiger charge is 2.31. The monoisotopic (exact) mass is 486 g/mol. The summed E-state index contributed by atoms with van der Waals surface area (Å²) in [6, 6.07) is 9.99. The maximum Gasteiger partial charge on any atom is 0.416 e. The number of amides is 2. The van der Waals surface area contributed by atoms with Gasteiger partial charge in [0, 0.05) is 23.8 Å². The maximum absolute atomic E-state index is 13.1. The maximum atomic E-state index is 13.1. The third kappa shape index (κ3) is 4.75. The molecule has 0 spiro atoms. The number of ether oxygens (including phenoxy) is 1. The van der Waals surface area contributed by atoms with Crippen molar-refractivity contribution in [3.05, 3.63) is 53.6 Å². The van der Waals surface area contributed by atoms with Crippen LogP contribution in [0.4, 0.5) is 24.8 Å². The van der Waals surface area contributed by atoms with Crippen molar-refractivity contribution in [1.29, 1.82) is 0 Å². The summed E-state index contributed by atoms with van der Waals surface area (Å²) >= 11 is 0. The van der Waals surface area contributed by atoms with Gasteiger partial charge in [0.2, 0.25) is 5.95 Å². The third-order valence-corrected chi connectivity index (χ3v) is 6.59. The number of nitrogens with one attached hydrogen (secondary N) is 1. The Morgan fingerprint density at radius 3 is 2.63 bits per heavy atom. The number of imidazole rings is 1. The number of fused-ring (bicyclic) bond motifs is 1. The SMILES string of the molecule is O=C(Nc1nc2cc(N3CCOCC3=O)ccc2n1C1CCCCC1)c1cccc(C(F)(F)F)c1. The molecule has 184 valence electrons. The molecule has 1 saturated heterocycles. The van der Waals surface area contributed by atoms with Crippen LogP contribution in [0, 0.1) is 0 Å². The molecule has 2 fully saturated rings. The van der Waals surface area contributed by atoms with E-state index in [1.807, 2.05) is 16.7 Å². The fourth-order valence-corrected chi connectivity index (χ4v) is 4.85. The van der Waals surface area contributed by atoms with Gasteiger partial charge in [0.05, 0.1) is 23.2 Å². The van der Waals surface area contributed by atoms with Crippen molar-refractivity contribution in [3.63, 3.8) is 0 Å². The van der Waals surface area contributed by atoms with Crippen molar-refractivity contribution in [2.75, 3.05) is 30.0 Å². The third-order valence-electron chi connectivity index (χ3n) is 6.59. The van der Waals surface area contributed by atoms with Crippen molar-refractivity contribution in [1.82, 2.24) is 9.55 Å². The molecule has 1 N–H and O–H groups in total. The van der Waals surface area contributed by atoms with Gasteiger partial charge in [0.1, 0.15) is 6.61 Å². The molecule has 3 aromatic rings. The summed E-state index contributed by atoms with van der Waals surface area (Å²) < 4.78 is 46.6. The van der Waals surface area contributed by atoms with E-state index in [2.05, 4.69) is 10.3 Å². The average molecular weight is 486 g/mol. The number of morpholine rings is 1. The number of carbonyl (C=O) groups is 2. The van der Waals surface area contributed by atoms with E-state index in [9.17, 15) is 22.8 Å². The van der Waals surface area contributed by atoms with Crippen LogP contribution in [0.1, 0.15) is 54.1 Å². The minimum absolute atomic E-state index is 0.0207. The van der Waals surface area contributed by atoms with E-state index in [0.717, 1.165) is 49.8 Å². The molecular weight excluding hydrogens is 461 g/mol. The smallest absolute Gasteiger partial charge is 0.370 e. The van der Waals surface area contributed by atoms with E-state index in [-0.39, 0.29) is 24.1 Å². The van der Waals surface area contributed by atoms with E-state index in [1.54, 1.807) is 11.0 Å². The van der Waals surface area contributed by atoms with E-state index < -0.39 is 17.6 Å². The summed E-state index contributed by atoms with van der Waals surface area (Å²) in [4.78, 5) is 31.5. The van der Waals surface area contributed by atoms with Gasteiger partial charge < -0.3 is 14.2 Å². The van der Waals surface area contributed by atoms with Gasteiger partial charge in [0.25, 0.3) is 11.8 Å². The van der Waals surface area contributed by atoms with Crippen LogP contribution in [-0.2, 0) is 15.7 Å². The van der Waals surface area contributed by atoms with Crippen molar-refractivity contribution in [3.8, 4) is 0 Å². The first-order valence-electron chi connectivity index (χ1n) is 11.7. The number of aromatic nitrogens is 2. The van der Waals surface area contributed by atoms with E-state index >= 15 is 0 Å². The van der Waals surface area contributed by atoms with Gasteiger partial charge in [-0.2, -0.15) is 13.2 Å². The number of carbonyl (C=O) groups excluding carboxylic acids is 2. The Labute approximate surface area is 199 Å². The van der Waals surface area contributed by atoms with Gasteiger partial charge in [0.15, 0.2) is 0 Å². The predicted octanol–water partition coefficient (Wildman–Crippen LogP) is 5.18. The first-order valence-corrected chi connectivity index (χ1v) is 11.7. The highest BCUT2D eigenvalue weighted by molar-refractivity contribution is 6.04. The molecule has 1 saturated carbocycles. The molecule has 1 aliphatic heterocycles. The second-order valence-corrected chi connectivity index (χ2v) is 8.90. The molecule has 2 aliphatic rings. The number of hydrogen-bond donors (Lipinski definition) is 1. The number of nitrogens with zero attached hydrogens (tertiary/aromatic N) is 3. The summed E-state index contributed by atoms with van der Waals surface area (Å²) in [6.07, 6.45) is 0.526. The van der Waals surface area contributed by atoms with Gasteiger partial charge >= 0.3 is 6.18 Å². The van der Waals surface area contributed by atoms with Gasteiger partial charge in [-0.15, -0.1) is 0 Å². The minimum atomic E-state index is -4.54. The van der Waals surface area contributed by atoms with Gasteiger partial charge in [-0.1, -0.05) is 25.3 Å². The first-order chi connectivity index (χ1) is 16.8. The summed E-state index contributed by atoms with van der Waals surface area (Å²) in [7, 11) is 0. The van der Waals surface area contributed by atoms with Crippen molar-refractivity contribution >= 4 is 34.5 Å². The molecule has 10 heteroatoms. The Balaban J connectivity index is 1.51. The van der Waals surface area contributed by atoms with Gasteiger partial charge in [-0.05, 0) is 49.2 Å². The zero-order valence-electron chi connectivity index (χ0n) is 19.0. The van der Waals surface area contributed by atoms with Crippen LogP contribution in [0.15, 0.2) is 42.5 Å². The molecule has 0 radical (unpaired) electrons. The van der Waals surface area contributed by atoms with Crippen LogP contribution in [0.3, 0.4) is 0 Å². The van der Waals surface area contributed by atoms with Gasteiger partial charge in [-0.3, -0.25) is 14.9 Å². The Kier molecular flexibility index (Phi) is 6.22. The molecule has 0 bridgehead atoms. The number of rotatable bonds is 4. The first kappa shape index (κ1) is 23.3. The highest BCUT2D eigenvalue weighted by Crippen LogP contribution is 2.36. The molecule has 0 unspecified atom stereocenters. The van der Waals surface area contributed by atoms with Crippen LogP contribution < -0.4 is 10.2 Å². The Bertz CT molecular complexity index is 1260. The summed E-state index contributed by atoms with van der Waals surface area (Å²) in [5.74, 6) is -0.507. The lowest BCUT2D eigenvalue weighted by atomic mass is 9.95. The molecule has 5 rings (SSSR count). The number of benzene rings is 2. The number of anilines is 2. The number of halogens is 3. The summed E-state index contributed by atoms with van der Waals surface area (Å²) in [5.41, 5.74) is 1.12. The molecule has 1 aliphatic carbocycles. The second kappa shape index (κ2) is 9.33. The highest BCUT2D eigenvalue weighted by atomic mass is 19.4. The number of alkyl halides is 3. The molecule has 1 aromatic heterocycles. The molecule has 0 atom stereocenters. The Morgan fingerprint density at radius 1 is 1.09 bits per heavy atom. The minimum Gasteiger partial charge on any atom is -0.370 e. The second-order valence-electron chi connectivity index (χ2n) is 8.90. The normalized spacial score (nSPS) is 17.7. The standard InChI is InChI=1S/C25H25F3N4O3/c26-25(27,28)17-6-4-5-16(13-17)23(34)30-24-29-20-14-19(31-11-12-35-15-22(31)33)9-10-21(20)32(24)18-7-2-1-3-8-18/h4-6,9-10,13-14,18H,1-3,7-8,11-12,15H2,(H,29,30,34). The Morgan fingerprint density at radius 2 is 1.89 bits per heavy atom. The van der Waals surface area contributed by atoms with Crippen LogP contribution in [0.25, 0.3) is 11.0 Å². The average Bonchev–Trinajstić information content (AvgIpc) is 3.21. The number of hydrogen-bond acceptors (Lipinski definition) is 4. The summed E-state index contributed by atoms with van der Waals surface area (Å²) in [5, 5.41) is 2.75. The lowest BCUT2D eigenvalue weighted by molar-refractivity contribution is -0.137. The molecule has 2 heterocycles. The Hall–Kier alpha value is -3.40. The lowest BCUT2D eigenvalue weighted by Crippen LogP contribution is -2.41. The lowest BCUT2D eigenvalue weighted by Gasteiger charge is -2.27.